The fourth-order valence-electron chi connectivity index (χ4n) is 3.54. The maximum atomic E-state index is 3.53. The van der Waals surface area contributed by atoms with E-state index in [0.29, 0.717) is 5.41 Å². The zero-order chi connectivity index (χ0) is 10.8. The third kappa shape index (κ3) is 1.78. The van der Waals surface area contributed by atoms with E-state index in [1.165, 1.54) is 50.8 Å². The molecule has 0 radical (unpaired) electrons. The third-order valence-electron chi connectivity index (χ3n) is 4.67. The highest BCUT2D eigenvalue weighted by Crippen LogP contribution is 2.51. The van der Waals surface area contributed by atoms with Gasteiger partial charge in [-0.1, -0.05) is 36.8 Å². The van der Waals surface area contributed by atoms with Gasteiger partial charge in [0.15, 0.2) is 0 Å². The largest absolute Gasteiger partial charge is 0.316 e. The number of hydrogen-bond donors (Lipinski definition) is 1. The average molecular weight is 215 g/mol. The molecule has 1 N–H and O–H groups in total. The SMILES string of the molecule is c1ccc(CC2(C3CCNC3)CCC2)cc1. The molecule has 2 fully saturated rings. The van der Waals surface area contributed by atoms with Crippen LogP contribution in [0.1, 0.15) is 31.2 Å². The van der Waals surface area contributed by atoms with Crippen LogP contribution in [0.25, 0.3) is 0 Å². The van der Waals surface area contributed by atoms with Gasteiger partial charge in [0, 0.05) is 0 Å². The molecule has 16 heavy (non-hydrogen) atoms. The lowest BCUT2D eigenvalue weighted by Crippen LogP contribution is -2.40. The molecule has 1 atom stereocenters. The van der Waals surface area contributed by atoms with Crippen LogP contribution in [0.3, 0.4) is 0 Å². The van der Waals surface area contributed by atoms with Crippen LogP contribution >= 0.6 is 0 Å². The van der Waals surface area contributed by atoms with Crippen LogP contribution in [0.4, 0.5) is 0 Å². The van der Waals surface area contributed by atoms with Gasteiger partial charge >= 0.3 is 0 Å². The van der Waals surface area contributed by atoms with Crippen molar-refractivity contribution in [3.05, 3.63) is 35.9 Å². The van der Waals surface area contributed by atoms with Crippen molar-refractivity contribution >= 4 is 0 Å². The first-order chi connectivity index (χ1) is 7.89. The van der Waals surface area contributed by atoms with Crippen LogP contribution in [-0.4, -0.2) is 13.1 Å². The van der Waals surface area contributed by atoms with E-state index in [0.717, 1.165) is 5.92 Å². The van der Waals surface area contributed by atoms with Crippen LogP contribution in [0.5, 0.6) is 0 Å². The highest BCUT2D eigenvalue weighted by Gasteiger charge is 2.44. The van der Waals surface area contributed by atoms with E-state index in [9.17, 15) is 0 Å². The van der Waals surface area contributed by atoms with Gasteiger partial charge in [-0.3, -0.25) is 0 Å². The van der Waals surface area contributed by atoms with Crippen LogP contribution in [0.2, 0.25) is 0 Å². The molecule has 1 aromatic carbocycles. The van der Waals surface area contributed by atoms with E-state index in [1.807, 2.05) is 0 Å². The summed E-state index contributed by atoms with van der Waals surface area (Å²) in [5.74, 6) is 0.932. The fourth-order valence-corrected chi connectivity index (χ4v) is 3.54. The predicted octanol–water partition coefficient (Wildman–Crippen LogP) is 3.01. The van der Waals surface area contributed by atoms with Gasteiger partial charge in [0.25, 0.3) is 0 Å². The zero-order valence-corrected chi connectivity index (χ0v) is 9.91. The van der Waals surface area contributed by atoms with Crippen molar-refractivity contribution in [2.24, 2.45) is 11.3 Å². The second-order valence-electron chi connectivity index (χ2n) is 5.57. The summed E-state index contributed by atoms with van der Waals surface area (Å²) >= 11 is 0. The Kier molecular flexibility index (Phi) is 2.72. The van der Waals surface area contributed by atoms with E-state index in [-0.39, 0.29) is 0 Å². The van der Waals surface area contributed by atoms with Gasteiger partial charge in [-0.2, -0.15) is 0 Å². The normalized spacial score (nSPS) is 27.6. The molecule has 86 valence electrons. The molecule has 2 aliphatic rings. The topological polar surface area (TPSA) is 12.0 Å². The third-order valence-corrected chi connectivity index (χ3v) is 4.67. The Morgan fingerprint density at radius 1 is 1.19 bits per heavy atom. The summed E-state index contributed by atoms with van der Waals surface area (Å²) in [6, 6.07) is 11.1. The Hall–Kier alpha value is -0.820. The number of benzene rings is 1. The van der Waals surface area contributed by atoms with Gasteiger partial charge in [-0.05, 0) is 55.7 Å². The van der Waals surface area contributed by atoms with Crippen molar-refractivity contribution in [1.29, 1.82) is 0 Å². The van der Waals surface area contributed by atoms with Crippen molar-refractivity contribution < 1.29 is 0 Å². The molecule has 1 aliphatic heterocycles. The minimum Gasteiger partial charge on any atom is -0.316 e. The van der Waals surface area contributed by atoms with E-state index in [2.05, 4.69) is 35.6 Å². The molecule has 1 unspecified atom stereocenters. The van der Waals surface area contributed by atoms with Crippen molar-refractivity contribution in [2.45, 2.75) is 32.1 Å². The first-order valence-corrected chi connectivity index (χ1v) is 6.64. The maximum Gasteiger partial charge on any atom is -0.00146 e. The summed E-state index contributed by atoms with van der Waals surface area (Å²) in [5, 5.41) is 3.53. The van der Waals surface area contributed by atoms with Gasteiger partial charge in [0.1, 0.15) is 0 Å². The molecule has 0 bridgehead atoms. The van der Waals surface area contributed by atoms with Gasteiger partial charge in [0.2, 0.25) is 0 Å². The minimum absolute atomic E-state index is 0.644. The molecule has 3 rings (SSSR count). The highest BCUT2D eigenvalue weighted by atomic mass is 14.9. The standard InChI is InChI=1S/C15H21N/c1-2-5-13(6-3-1)11-15(8-4-9-15)14-7-10-16-12-14/h1-3,5-6,14,16H,4,7-12H2. The Labute approximate surface area is 98.3 Å². The number of rotatable bonds is 3. The molecular formula is C15H21N. The lowest BCUT2D eigenvalue weighted by molar-refractivity contribution is 0.0593. The Balaban J connectivity index is 1.75. The van der Waals surface area contributed by atoms with Gasteiger partial charge in [-0.25, -0.2) is 0 Å². The van der Waals surface area contributed by atoms with Crippen molar-refractivity contribution in [3.63, 3.8) is 0 Å². The molecule has 0 aromatic heterocycles. The smallest absolute Gasteiger partial charge is 0.00146 e. The Morgan fingerprint density at radius 3 is 2.56 bits per heavy atom. The summed E-state index contributed by atoms with van der Waals surface area (Å²) in [4.78, 5) is 0. The first-order valence-electron chi connectivity index (χ1n) is 6.64. The fraction of sp³-hybridized carbons (Fsp3) is 0.600. The summed E-state index contributed by atoms with van der Waals surface area (Å²) in [7, 11) is 0. The van der Waals surface area contributed by atoms with E-state index >= 15 is 0 Å². The lowest BCUT2D eigenvalue weighted by Gasteiger charge is -2.47. The van der Waals surface area contributed by atoms with Crippen molar-refractivity contribution in [3.8, 4) is 0 Å². The lowest BCUT2D eigenvalue weighted by atomic mass is 9.58. The summed E-state index contributed by atoms with van der Waals surface area (Å²) in [6.45, 7) is 2.49. The van der Waals surface area contributed by atoms with Gasteiger partial charge < -0.3 is 5.32 Å². The highest BCUT2D eigenvalue weighted by molar-refractivity contribution is 5.18. The van der Waals surface area contributed by atoms with Crippen molar-refractivity contribution in [2.75, 3.05) is 13.1 Å². The molecule has 0 amide bonds. The average Bonchev–Trinajstić information content (AvgIpc) is 2.78. The van der Waals surface area contributed by atoms with Gasteiger partial charge in [0.05, 0.1) is 0 Å². The van der Waals surface area contributed by atoms with Gasteiger partial charge in [-0.15, -0.1) is 0 Å². The van der Waals surface area contributed by atoms with Crippen molar-refractivity contribution in [1.82, 2.24) is 5.32 Å². The maximum absolute atomic E-state index is 3.53. The second-order valence-corrected chi connectivity index (χ2v) is 5.57. The quantitative estimate of drug-likeness (QED) is 0.817. The van der Waals surface area contributed by atoms with E-state index < -0.39 is 0 Å². The molecule has 1 saturated heterocycles. The van der Waals surface area contributed by atoms with E-state index in [4.69, 9.17) is 0 Å². The van der Waals surface area contributed by atoms with E-state index in [1.54, 1.807) is 0 Å². The van der Waals surface area contributed by atoms with Crippen LogP contribution < -0.4 is 5.32 Å². The van der Waals surface area contributed by atoms with Crippen LogP contribution in [0.15, 0.2) is 30.3 Å². The molecule has 1 saturated carbocycles. The Bertz CT molecular complexity index is 334. The van der Waals surface area contributed by atoms with Crippen LogP contribution in [0, 0.1) is 11.3 Å². The molecule has 1 heteroatoms. The molecule has 1 aliphatic carbocycles. The Morgan fingerprint density at radius 2 is 2.00 bits per heavy atom. The number of hydrogen-bond acceptors (Lipinski definition) is 1. The molecule has 1 aromatic rings. The summed E-state index contributed by atoms with van der Waals surface area (Å²) in [6.07, 6.45) is 7.05. The summed E-state index contributed by atoms with van der Waals surface area (Å²) < 4.78 is 0. The molecule has 1 heterocycles. The monoisotopic (exact) mass is 215 g/mol. The predicted molar refractivity (Wildman–Crippen MR) is 67.4 cm³/mol. The zero-order valence-electron chi connectivity index (χ0n) is 9.91. The summed E-state index contributed by atoms with van der Waals surface area (Å²) in [5.41, 5.74) is 2.18. The molecule has 0 spiro atoms. The minimum atomic E-state index is 0.644. The first kappa shape index (κ1) is 10.3. The molecular weight excluding hydrogens is 194 g/mol. The van der Waals surface area contributed by atoms with Crippen LogP contribution in [-0.2, 0) is 6.42 Å². The molecule has 1 nitrogen and oxygen atoms in total. The second kappa shape index (κ2) is 4.21. The number of nitrogens with one attached hydrogen (secondary N) is 1.